The van der Waals surface area contributed by atoms with E-state index in [1.165, 1.54) is 11.1 Å². The fourth-order valence-electron chi connectivity index (χ4n) is 3.17. The normalized spacial score (nSPS) is 18.7. The minimum atomic E-state index is 0.0259. The van der Waals surface area contributed by atoms with Gasteiger partial charge < -0.3 is 10.6 Å². The highest BCUT2D eigenvalue weighted by atomic mass is 16.1. The van der Waals surface area contributed by atoms with Gasteiger partial charge in [0.2, 0.25) is 5.91 Å². The van der Waals surface area contributed by atoms with Crippen molar-refractivity contribution in [2.75, 3.05) is 13.1 Å². The SMILES string of the molecule is CCCNCCCC(=O)NC1=CC2CC(c3cnn(C)c3)=CC=C2C=N1. The highest BCUT2D eigenvalue weighted by Gasteiger charge is 2.22. The van der Waals surface area contributed by atoms with Crippen LogP contribution in [0.1, 0.15) is 38.2 Å². The van der Waals surface area contributed by atoms with E-state index < -0.39 is 0 Å². The first kappa shape index (κ1) is 18.3. The Balaban J connectivity index is 1.54. The number of allylic oxidation sites excluding steroid dienone is 5. The topological polar surface area (TPSA) is 71.3 Å². The number of rotatable bonds is 8. The summed E-state index contributed by atoms with van der Waals surface area (Å²) >= 11 is 0. The Morgan fingerprint density at radius 1 is 1.35 bits per heavy atom. The number of carbonyl (C=O) groups is 1. The Kier molecular flexibility index (Phi) is 6.17. The molecule has 2 heterocycles. The van der Waals surface area contributed by atoms with E-state index in [9.17, 15) is 4.79 Å². The Morgan fingerprint density at radius 2 is 2.23 bits per heavy atom. The number of fused-ring (bicyclic) bond motifs is 1. The van der Waals surface area contributed by atoms with Crippen molar-refractivity contribution in [3.05, 3.63) is 47.6 Å². The second-order valence-electron chi connectivity index (χ2n) is 6.78. The third kappa shape index (κ3) is 4.79. The van der Waals surface area contributed by atoms with E-state index in [4.69, 9.17) is 0 Å². The van der Waals surface area contributed by atoms with Gasteiger partial charge in [-0.25, -0.2) is 4.99 Å². The van der Waals surface area contributed by atoms with Crippen LogP contribution in [0.25, 0.3) is 5.57 Å². The van der Waals surface area contributed by atoms with Crippen molar-refractivity contribution in [1.82, 2.24) is 20.4 Å². The highest BCUT2D eigenvalue weighted by Crippen LogP contribution is 2.33. The van der Waals surface area contributed by atoms with Crippen LogP contribution < -0.4 is 10.6 Å². The fourth-order valence-corrected chi connectivity index (χ4v) is 3.17. The van der Waals surface area contributed by atoms with Gasteiger partial charge in [-0.3, -0.25) is 9.48 Å². The molecule has 0 saturated heterocycles. The summed E-state index contributed by atoms with van der Waals surface area (Å²) in [5.74, 6) is 0.929. The molecule has 1 aliphatic heterocycles. The number of aromatic nitrogens is 2. The van der Waals surface area contributed by atoms with Crippen molar-refractivity contribution in [3.8, 4) is 0 Å². The van der Waals surface area contributed by atoms with Gasteiger partial charge in [0.25, 0.3) is 0 Å². The Morgan fingerprint density at radius 3 is 3.00 bits per heavy atom. The second kappa shape index (κ2) is 8.76. The number of nitrogens with zero attached hydrogens (tertiary/aromatic N) is 3. The molecule has 2 N–H and O–H groups in total. The van der Waals surface area contributed by atoms with E-state index in [1.807, 2.05) is 30.3 Å². The third-order valence-electron chi connectivity index (χ3n) is 4.58. The van der Waals surface area contributed by atoms with Crippen LogP contribution in [-0.4, -0.2) is 35.0 Å². The number of amides is 1. The van der Waals surface area contributed by atoms with Crippen LogP contribution in [0.2, 0.25) is 0 Å². The molecule has 1 atom stereocenters. The highest BCUT2D eigenvalue weighted by molar-refractivity contribution is 5.87. The van der Waals surface area contributed by atoms with Crippen LogP contribution >= 0.6 is 0 Å². The number of aliphatic imine (C=N–C) groups is 1. The lowest BCUT2D eigenvalue weighted by molar-refractivity contribution is -0.120. The predicted molar refractivity (Wildman–Crippen MR) is 104 cm³/mol. The van der Waals surface area contributed by atoms with Gasteiger partial charge in [-0.05, 0) is 49.6 Å². The van der Waals surface area contributed by atoms with Crippen LogP contribution in [0.3, 0.4) is 0 Å². The minimum absolute atomic E-state index is 0.0259. The van der Waals surface area contributed by atoms with E-state index >= 15 is 0 Å². The summed E-state index contributed by atoms with van der Waals surface area (Å²) in [5, 5.41) is 10.5. The summed E-state index contributed by atoms with van der Waals surface area (Å²) in [6.45, 7) is 4.01. The van der Waals surface area contributed by atoms with Gasteiger partial charge in [-0.2, -0.15) is 5.10 Å². The van der Waals surface area contributed by atoms with Crippen LogP contribution in [0.15, 0.2) is 47.0 Å². The molecule has 1 amide bonds. The summed E-state index contributed by atoms with van der Waals surface area (Å²) < 4.78 is 1.81. The zero-order valence-electron chi connectivity index (χ0n) is 15.5. The maximum absolute atomic E-state index is 12.1. The molecule has 1 aliphatic carbocycles. The summed E-state index contributed by atoms with van der Waals surface area (Å²) in [7, 11) is 1.92. The summed E-state index contributed by atoms with van der Waals surface area (Å²) in [6.07, 6.45) is 15.4. The number of hydrogen-bond acceptors (Lipinski definition) is 4. The van der Waals surface area contributed by atoms with Gasteiger partial charge >= 0.3 is 0 Å². The molecular formula is C20H27N5O. The Hall–Kier alpha value is -2.47. The van der Waals surface area contributed by atoms with Crippen LogP contribution in [0.5, 0.6) is 0 Å². The molecule has 0 bridgehead atoms. The first-order valence-electron chi connectivity index (χ1n) is 9.32. The second-order valence-corrected chi connectivity index (χ2v) is 6.78. The quantitative estimate of drug-likeness (QED) is 0.706. The van der Waals surface area contributed by atoms with Crippen molar-refractivity contribution >= 4 is 17.7 Å². The summed E-state index contributed by atoms with van der Waals surface area (Å²) in [6, 6.07) is 0. The Bertz CT molecular complexity index is 769. The average Bonchev–Trinajstić information content (AvgIpc) is 3.07. The zero-order chi connectivity index (χ0) is 18.4. The van der Waals surface area contributed by atoms with Crippen LogP contribution in [-0.2, 0) is 11.8 Å². The molecule has 0 radical (unpaired) electrons. The van der Waals surface area contributed by atoms with Gasteiger partial charge in [0.15, 0.2) is 0 Å². The summed E-state index contributed by atoms with van der Waals surface area (Å²) in [5.41, 5.74) is 3.58. The van der Waals surface area contributed by atoms with E-state index in [0.717, 1.165) is 37.9 Å². The summed E-state index contributed by atoms with van der Waals surface area (Å²) in [4.78, 5) is 16.5. The monoisotopic (exact) mass is 353 g/mol. The van der Waals surface area contributed by atoms with Crippen molar-refractivity contribution in [2.24, 2.45) is 18.0 Å². The van der Waals surface area contributed by atoms with Crippen molar-refractivity contribution < 1.29 is 4.79 Å². The lowest BCUT2D eigenvalue weighted by atomic mass is 9.84. The molecule has 0 aromatic carbocycles. The van der Waals surface area contributed by atoms with E-state index in [-0.39, 0.29) is 11.8 Å². The van der Waals surface area contributed by atoms with E-state index in [1.54, 1.807) is 0 Å². The standard InChI is InChI=1S/C20H27N5O/c1-3-8-21-9-4-5-20(26)24-19-11-17-10-15(6-7-16(17)12-22-19)18-13-23-25(2)14-18/h6-7,11-14,17,21H,3-5,8-10H2,1-2H3,(H,24,26). The first-order chi connectivity index (χ1) is 12.7. The zero-order valence-corrected chi connectivity index (χ0v) is 15.5. The minimum Gasteiger partial charge on any atom is -0.317 e. The largest absolute Gasteiger partial charge is 0.317 e. The lowest BCUT2D eigenvalue weighted by Gasteiger charge is -2.23. The third-order valence-corrected chi connectivity index (χ3v) is 4.58. The van der Waals surface area contributed by atoms with Crippen LogP contribution in [0, 0.1) is 5.92 Å². The number of carbonyl (C=O) groups excluding carboxylic acids is 1. The smallest absolute Gasteiger partial charge is 0.225 e. The molecular weight excluding hydrogens is 326 g/mol. The molecule has 6 heteroatoms. The van der Waals surface area contributed by atoms with Crippen molar-refractivity contribution in [3.63, 3.8) is 0 Å². The van der Waals surface area contributed by atoms with Crippen molar-refractivity contribution in [1.29, 1.82) is 0 Å². The van der Waals surface area contributed by atoms with Crippen molar-refractivity contribution in [2.45, 2.75) is 32.6 Å². The van der Waals surface area contributed by atoms with Gasteiger partial charge in [-0.1, -0.05) is 19.1 Å². The molecule has 1 aromatic rings. The predicted octanol–water partition coefficient (Wildman–Crippen LogP) is 2.57. The van der Waals surface area contributed by atoms with Gasteiger partial charge in [0, 0.05) is 37.4 Å². The van der Waals surface area contributed by atoms with Crippen LogP contribution in [0.4, 0.5) is 0 Å². The van der Waals surface area contributed by atoms with E-state index in [0.29, 0.717) is 12.2 Å². The molecule has 2 aliphatic rings. The molecule has 0 saturated carbocycles. The molecule has 1 unspecified atom stereocenters. The molecule has 1 aromatic heterocycles. The molecule has 26 heavy (non-hydrogen) atoms. The van der Waals surface area contributed by atoms with Gasteiger partial charge in [0.05, 0.1) is 6.20 Å². The lowest BCUT2D eigenvalue weighted by Crippen LogP contribution is -2.26. The van der Waals surface area contributed by atoms with Gasteiger partial charge in [-0.15, -0.1) is 0 Å². The molecule has 6 nitrogen and oxygen atoms in total. The molecule has 3 rings (SSSR count). The maximum atomic E-state index is 12.1. The number of nitrogens with one attached hydrogen (secondary N) is 2. The van der Waals surface area contributed by atoms with Gasteiger partial charge in [0.1, 0.15) is 5.82 Å². The molecule has 138 valence electrons. The Labute approximate surface area is 154 Å². The average molecular weight is 353 g/mol. The molecule has 0 fully saturated rings. The fraction of sp³-hybridized carbons (Fsp3) is 0.450. The number of hydrogen-bond donors (Lipinski definition) is 2. The van der Waals surface area contributed by atoms with E-state index in [2.05, 4.69) is 45.9 Å². The number of aryl methyl sites for hydroxylation is 1. The maximum Gasteiger partial charge on any atom is 0.225 e. The first-order valence-corrected chi connectivity index (χ1v) is 9.32. The molecule has 0 spiro atoms.